The average molecular weight is 327 g/mol. The molecule has 0 aromatic heterocycles. The zero-order valence-electron chi connectivity index (χ0n) is 11.4. The molecule has 4 aliphatic rings. The number of ether oxygens (including phenoxy) is 2. The summed E-state index contributed by atoms with van der Waals surface area (Å²) >= 11 is 4.03. The number of benzene rings is 1. The van der Waals surface area contributed by atoms with Gasteiger partial charge in [0.05, 0.1) is 17.7 Å². The summed E-state index contributed by atoms with van der Waals surface area (Å²) in [6, 6.07) is 6.38. The van der Waals surface area contributed by atoms with Gasteiger partial charge in [-0.1, -0.05) is 12.1 Å². The van der Waals surface area contributed by atoms with Gasteiger partial charge in [0, 0.05) is 16.7 Å². The Hall–Kier alpha value is -1.05. The summed E-state index contributed by atoms with van der Waals surface area (Å²) < 4.78 is 10.9. The third-order valence-corrected chi connectivity index (χ3v) is 6.28. The Morgan fingerprint density at radius 1 is 1.38 bits per heavy atom. The molecule has 0 bridgehead atoms. The first kappa shape index (κ1) is 14.9. The van der Waals surface area contributed by atoms with Crippen LogP contribution in [0.1, 0.15) is 0 Å². The molecule has 1 amide bonds. The van der Waals surface area contributed by atoms with Crippen molar-refractivity contribution in [3.05, 3.63) is 28.6 Å². The number of aliphatic hydroxyl groups excluding tert-OH is 1. The molecule has 4 rings (SSSR count). The van der Waals surface area contributed by atoms with E-state index >= 15 is 0 Å². The molecule has 2 fully saturated rings. The van der Waals surface area contributed by atoms with E-state index < -0.39 is 6.09 Å². The van der Waals surface area contributed by atoms with Crippen molar-refractivity contribution in [1.29, 1.82) is 0 Å². The van der Waals surface area contributed by atoms with Crippen molar-refractivity contribution in [1.82, 2.24) is 5.32 Å². The Morgan fingerprint density at radius 3 is 2.62 bits per heavy atom. The second-order valence-electron chi connectivity index (χ2n) is 4.78. The Balaban J connectivity index is 0.000000143. The van der Waals surface area contributed by atoms with Crippen molar-refractivity contribution in [3.63, 3.8) is 0 Å². The van der Waals surface area contributed by atoms with Gasteiger partial charge in [-0.25, -0.2) is 4.79 Å². The molecular formula is C14H17NO4S2. The number of alkyl carbamates (subject to hydrolysis) is 1. The van der Waals surface area contributed by atoms with Gasteiger partial charge in [-0.2, -0.15) is 0 Å². The van der Waals surface area contributed by atoms with Crippen molar-refractivity contribution >= 4 is 29.6 Å². The second-order valence-corrected chi connectivity index (χ2v) is 7.70. The number of amides is 1. The van der Waals surface area contributed by atoms with Crippen molar-refractivity contribution in [2.45, 2.75) is 10.7 Å². The first-order chi connectivity index (χ1) is 10.3. The lowest BCUT2D eigenvalue weighted by Gasteiger charge is -2.15. The third-order valence-electron chi connectivity index (χ3n) is 3.31. The van der Waals surface area contributed by atoms with Gasteiger partial charge in [0.15, 0.2) is 0 Å². The van der Waals surface area contributed by atoms with E-state index in [1.54, 1.807) is 0 Å². The molecule has 2 aliphatic carbocycles. The number of nitrogens with one attached hydrogen (secondary N) is 1. The Morgan fingerprint density at radius 2 is 2.19 bits per heavy atom. The summed E-state index contributed by atoms with van der Waals surface area (Å²) in [4.78, 5) is 10.2. The minimum atomic E-state index is -0.441. The fourth-order valence-electron chi connectivity index (χ4n) is 2.07. The number of carbonyl (C=O) groups excluding carboxylic acids is 1. The van der Waals surface area contributed by atoms with E-state index in [-0.39, 0.29) is 12.7 Å². The zero-order valence-corrected chi connectivity index (χ0v) is 13.0. The normalized spacial score (nSPS) is 22.1. The second kappa shape index (κ2) is 6.81. The van der Waals surface area contributed by atoms with Crippen LogP contribution in [0.15, 0.2) is 18.2 Å². The molecule has 7 heteroatoms. The molecule has 2 heterocycles. The van der Waals surface area contributed by atoms with Crippen LogP contribution in [0.25, 0.3) is 0 Å². The highest BCUT2D eigenvalue weighted by Gasteiger charge is 2.20. The summed E-state index contributed by atoms with van der Waals surface area (Å²) in [5.41, 5.74) is 0. The van der Waals surface area contributed by atoms with Gasteiger partial charge < -0.3 is 19.9 Å². The number of aliphatic hydroxyl groups is 1. The lowest BCUT2D eigenvalue weighted by Crippen LogP contribution is -2.17. The first-order valence-corrected chi connectivity index (χ1v) is 8.92. The molecule has 114 valence electrons. The Kier molecular flexibility index (Phi) is 4.82. The zero-order chi connectivity index (χ0) is 14.7. The van der Waals surface area contributed by atoms with Crippen molar-refractivity contribution in [2.75, 3.05) is 31.3 Å². The van der Waals surface area contributed by atoms with E-state index in [2.05, 4.69) is 28.3 Å². The summed E-state index contributed by atoms with van der Waals surface area (Å²) in [6.07, 6.45) is -0.772. The maximum absolute atomic E-state index is 10.2. The number of carbonyl (C=O) groups is 1. The van der Waals surface area contributed by atoms with Gasteiger partial charge in [-0.15, -0.1) is 23.5 Å². The summed E-state index contributed by atoms with van der Waals surface area (Å²) in [7, 11) is 0. The van der Waals surface area contributed by atoms with Crippen LogP contribution in [0.4, 0.5) is 4.79 Å². The van der Waals surface area contributed by atoms with Crippen molar-refractivity contribution in [2.24, 2.45) is 0 Å². The smallest absolute Gasteiger partial charge is 0.407 e. The highest BCUT2D eigenvalue weighted by atomic mass is 32.2. The van der Waals surface area contributed by atoms with Crippen LogP contribution in [-0.2, 0) is 4.74 Å². The Bertz CT molecular complexity index is 603. The largest absolute Gasteiger partial charge is 0.491 e. The van der Waals surface area contributed by atoms with E-state index in [9.17, 15) is 4.79 Å². The minimum Gasteiger partial charge on any atom is -0.491 e. The van der Waals surface area contributed by atoms with Crippen molar-refractivity contribution in [3.8, 4) is 5.75 Å². The van der Waals surface area contributed by atoms with Gasteiger partial charge in [-0.05, 0) is 11.3 Å². The van der Waals surface area contributed by atoms with Gasteiger partial charge in [0.1, 0.15) is 18.5 Å². The lowest BCUT2D eigenvalue weighted by atomic mass is 10.1. The average Bonchev–Trinajstić information content (AvgIpc) is 3.12. The molecule has 0 aromatic carbocycles. The number of thioether (sulfide) groups is 2. The molecule has 0 radical (unpaired) electrons. The van der Waals surface area contributed by atoms with Crippen LogP contribution in [0.3, 0.4) is 0 Å². The molecule has 0 aromatic rings. The number of rotatable bonds is 4. The quantitative estimate of drug-likeness (QED) is 0.888. The summed E-state index contributed by atoms with van der Waals surface area (Å²) in [5, 5.41) is 13.5. The van der Waals surface area contributed by atoms with E-state index in [1.165, 1.54) is 21.9 Å². The van der Waals surface area contributed by atoms with Crippen LogP contribution in [0.5, 0.6) is 5.75 Å². The van der Waals surface area contributed by atoms with Crippen LogP contribution >= 0.6 is 23.5 Å². The lowest BCUT2D eigenvalue weighted by molar-refractivity contribution is 0.0961. The molecule has 0 spiro atoms. The summed E-state index contributed by atoms with van der Waals surface area (Å²) in [6.45, 7) is 1.19. The number of cyclic esters (lactones) is 1. The van der Waals surface area contributed by atoms with Gasteiger partial charge >= 0.3 is 6.09 Å². The standard InChI is InChI=1S/C10H10OS2.C4H7NO3/c1-2-8-7(1)5-9(8)11-6-10-12-3-4-13-10;6-2-3-1-5-4(7)8-3/h1-2,5,10H,3-4,6H2;3,6H,1-2H2,(H,5,7). The highest BCUT2D eigenvalue weighted by Crippen LogP contribution is 2.33. The maximum Gasteiger partial charge on any atom is 0.407 e. The minimum absolute atomic E-state index is 0.0985. The summed E-state index contributed by atoms with van der Waals surface area (Å²) in [5.74, 6) is 3.67. The van der Waals surface area contributed by atoms with Crippen molar-refractivity contribution < 1.29 is 19.4 Å². The van der Waals surface area contributed by atoms with Gasteiger partial charge in [0.25, 0.3) is 0 Å². The predicted molar refractivity (Wildman–Crippen MR) is 83.7 cm³/mol. The monoisotopic (exact) mass is 327 g/mol. The number of hydrogen-bond donors (Lipinski definition) is 2. The van der Waals surface area contributed by atoms with E-state index in [0.717, 1.165) is 12.4 Å². The van der Waals surface area contributed by atoms with Crippen LogP contribution in [0, 0.1) is 10.4 Å². The molecule has 2 aliphatic heterocycles. The molecule has 2 saturated heterocycles. The fourth-order valence-corrected chi connectivity index (χ4v) is 4.66. The van der Waals surface area contributed by atoms with E-state index in [0.29, 0.717) is 11.1 Å². The van der Waals surface area contributed by atoms with Crippen LogP contribution in [0.2, 0.25) is 0 Å². The van der Waals surface area contributed by atoms with E-state index in [4.69, 9.17) is 9.84 Å². The number of hydrogen-bond acceptors (Lipinski definition) is 6. The Labute approximate surface area is 131 Å². The molecule has 0 saturated carbocycles. The molecule has 2 N–H and O–H groups in total. The molecule has 1 atom stereocenters. The fraction of sp³-hybridized carbons (Fsp3) is 0.500. The maximum atomic E-state index is 10.2. The highest BCUT2D eigenvalue weighted by molar-refractivity contribution is 8.20. The topological polar surface area (TPSA) is 67.8 Å². The first-order valence-electron chi connectivity index (χ1n) is 6.82. The molecule has 5 nitrogen and oxygen atoms in total. The van der Waals surface area contributed by atoms with E-state index in [1.807, 2.05) is 23.5 Å². The third kappa shape index (κ3) is 3.59. The molecule has 1 unspecified atom stereocenters. The van der Waals surface area contributed by atoms with Crippen LogP contribution < -0.4 is 10.1 Å². The van der Waals surface area contributed by atoms with Gasteiger partial charge in [0.2, 0.25) is 0 Å². The van der Waals surface area contributed by atoms with Gasteiger partial charge in [-0.3, -0.25) is 0 Å². The molecule has 21 heavy (non-hydrogen) atoms. The molecular weight excluding hydrogens is 310 g/mol. The van der Waals surface area contributed by atoms with Crippen LogP contribution in [-0.4, -0.2) is 53.1 Å². The SMILES string of the molecule is O=C1NCC(CO)O1.c1cc2c(OCC3SCCS3)cc1=2. The predicted octanol–water partition coefficient (Wildman–Crippen LogP) is 1.56.